The molecule has 0 spiro atoms. The third-order valence-corrected chi connectivity index (χ3v) is 2.17. The predicted molar refractivity (Wildman–Crippen MR) is 57.4 cm³/mol. The van der Waals surface area contributed by atoms with E-state index in [1.165, 1.54) is 0 Å². The van der Waals surface area contributed by atoms with Crippen molar-refractivity contribution in [2.75, 3.05) is 0 Å². The molecule has 0 aliphatic carbocycles. The molecule has 1 aromatic rings. The van der Waals surface area contributed by atoms with Gasteiger partial charge in [0.15, 0.2) is 0 Å². The lowest BCUT2D eigenvalue weighted by atomic mass is 10.3. The molecule has 0 bridgehead atoms. The zero-order valence-electron chi connectivity index (χ0n) is 6.03. The van der Waals surface area contributed by atoms with Crippen LogP contribution < -0.4 is 4.74 Å². The minimum absolute atomic E-state index is 0.218. The fraction of sp³-hybridized carbons (Fsp3) is 0.143. The zero-order chi connectivity index (χ0) is 10.1. The molecule has 0 radical (unpaired) electrons. The van der Waals surface area contributed by atoms with Crippen molar-refractivity contribution in [2.24, 2.45) is 0 Å². The van der Waals surface area contributed by atoms with Crippen LogP contribution in [0.15, 0.2) is 18.2 Å². The summed E-state index contributed by atoms with van der Waals surface area (Å²) < 4.78 is 3.05. The Morgan fingerprint density at radius 3 is 2.23 bits per heavy atom. The van der Waals surface area contributed by atoms with Crippen molar-refractivity contribution in [1.82, 2.24) is 0 Å². The summed E-state index contributed by atoms with van der Waals surface area (Å²) in [5.41, 5.74) is 0. The Morgan fingerprint density at radius 2 is 1.69 bits per heavy atom. The second kappa shape index (κ2) is 4.33. The molecule has 0 heterocycles. The first-order valence-corrected chi connectivity index (χ1v) is 4.99. The van der Waals surface area contributed by atoms with Crippen LogP contribution >= 0.6 is 58.0 Å². The molecule has 0 N–H and O–H groups in total. The maximum Gasteiger partial charge on any atom is 0.338 e. The second-order valence-corrected chi connectivity index (χ2v) is 5.06. The van der Waals surface area contributed by atoms with Gasteiger partial charge in [0.05, 0.1) is 5.02 Å². The maximum atomic E-state index is 5.77. The van der Waals surface area contributed by atoms with Gasteiger partial charge < -0.3 is 4.74 Å². The van der Waals surface area contributed by atoms with E-state index in [0.717, 1.165) is 0 Å². The van der Waals surface area contributed by atoms with E-state index in [1.807, 2.05) is 0 Å². The Bertz CT molecular complexity index is 306. The largest absolute Gasteiger partial charge is 0.444 e. The van der Waals surface area contributed by atoms with Crippen LogP contribution in [0, 0.1) is 0 Å². The van der Waals surface area contributed by atoms with Crippen molar-refractivity contribution in [3.05, 3.63) is 28.2 Å². The van der Waals surface area contributed by atoms with Gasteiger partial charge in [0.25, 0.3) is 0 Å². The molecule has 1 nitrogen and oxygen atoms in total. The number of benzene rings is 1. The summed E-state index contributed by atoms with van der Waals surface area (Å²) in [6, 6.07) is 4.80. The van der Waals surface area contributed by atoms with E-state index in [-0.39, 0.29) is 10.8 Å². The molecule has 1 aromatic carbocycles. The highest BCUT2D eigenvalue weighted by atomic mass is 35.6. The average Bonchev–Trinajstić information content (AvgIpc) is 1.96. The van der Waals surface area contributed by atoms with E-state index < -0.39 is 3.98 Å². The van der Waals surface area contributed by atoms with Crippen LogP contribution in [0.4, 0.5) is 0 Å². The van der Waals surface area contributed by atoms with Crippen LogP contribution in [0.25, 0.3) is 0 Å². The van der Waals surface area contributed by atoms with Gasteiger partial charge in [0, 0.05) is 0 Å². The van der Waals surface area contributed by atoms with E-state index in [4.69, 9.17) is 62.7 Å². The highest BCUT2D eigenvalue weighted by Crippen LogP contribution is 2.37. The van der Waals surface area contributed by atoms with Gasteiger partial charge in [-0.3, -0.25) is 0 Å². The summed E-state index contributed by atoms with van der Waals surface area (Å²) in [5, 5.41) is 0.559. The van der Waals surface area contributed by atoms with Gasteiger partial charge in [-0.1, -0.05) is 29.3 Å². The molecule has 0 saturated heterocycles. The molecule has 72 valence electrons. The Morgan fingerprint density at radius 1 is 1.08 bits per heavy atom. The standard InChI is InChI=1S/C7H3Cl5O/c8-4-2-1-3-5(6(4)9)13-7(10,11)12/h1-3H. The van der Waals surface area contributed by atoms with E-state index in [2.05, 4.69) is 0 Å². The lowest BCUT2D eigenvalue weighted by molar-refractivity contribution is 0.320. The molecular formula is C7H3Cl5O. The highest BCUT2D eigenvalue weighted by Gasteiger charge is 2.23. The van der Waals surface area contributed by atoms with E-state index in [9.17, 15) is 0 Å². The van der Waals surface area contributed by atoms with Crippen LogP contribution in [0.3, 0.4) is 0 Å². The number of rotatable bonds is 1. The number of hydrogen-bond acceptors (Lipinski definition) is 1. The molecule has 0 unspecified atom stereocenters. The fourth-order valence-corrected chi connectivity index (χ4v) is 1.27. The molecule has 0 saturated carbocycles. The third-order valence-electron chi connectivity index (χ3n) is 1.14. The molecule has 6 heteroatoms. The Balaban J connectivity index is 2.96. The van der Waals surface area contributed by atoms with Crippen LogP contribution in [0.2, 0.25) is 10.0 Å². The van der Waals surface area contributed by atoms with Gasteiger partial charge in [0.2, 0.25) is 0 Å². The molecule has 0 aromatic heterocycles. The predicted octanol–water partition coefficient (Wildman–Crippen LogP) is 4.70. The van der Waals surface area contributed by atoms with Crippen LogP contribution in [0.5, 0.6) is 5.75 Å². The van der Waals surface area contributed by atoms with Gasteiger partial charge in [-0.15, -0.1) is 0 Å². The van der Waals surface area contributed by atoms with E-state index in [1.54, 1.807) is 18.2 Å². The average molecular weight is 280 g/mol. The maximum absolute atomic E-state index is 5.77. The molecule has 1 rings (SSSR count). The van der Waals surface area contributed by atoms with Crippen molar-refractivity contribution in [1.29, 1.82) is 0 Å². The normalized spacial score (nSPS) is 11.5. The summed E-state index contributed by atoms with van der Waals surface area (Å²) in [7, 11) is 0. The topological polar surface area (TPSA) is 9.23 Å². The number of halogens is 5. The summed E-state index contributed by atoms with van der Waals surface area (Å²) in [6.45, 7) is 0. The van der Waals surface area contributed by atoms with Gasteiger partial charge in [-0.2, -0.15) is 0 Å². The minimum Gasteiger partial charge on any atom is -0.444 e. The monoisotopic (exact) mass is 278 g/mol. The van der Waals surface area contributed by atoms with E-state index in [0.29, 0.717) is 5.02 Å². The number of alkyl halides is 3. The SMILES string of the molecule is Clc1cccc(OC(Cl)(Cl)Cl)c1Cl. The first-order valence-electron chi connectivity index (χ1n) is 3.10. The van der Waals surface area contributed by atoms with Crippen molar-refractivity contribution < 1.29 is 4.74 Å². The Hall–Kier alpha value is 0.470. The molecule has 13 heavy (non-hydrogen) atoms. The third kappa shape index (κ3) is 3.61. The highest BCUT2D eigenvalue weighted by molar-refractivity contribution is 6.66. The van der Waals surface area contributed by atoms with Gasteiger partial charge in [0.1, 0.15) is 10.8 Å². The molecular weight excluding hydrogens is 277 g/mol. The van der Waals surface area contributed by atoms with Crippen molar-refractivity contribution in [3.63, 3.8) is 0 Å². The van der Waals surface area contributed by atoms with Gasteiger partial charge >= 0.3 is 3.98 Å². The quantitative estimate of drug-likeness (QED) is 0.677. The Labute approximate surface area is 100 Å². The lowest BCUT2D eigenvalue weighted by Gasteiger charge is -2.14. The summed E-state index contributed by atoms with van der Waals surface area (Å²) in [6.07, 6.45) is 0. The van der Waals surface area contributed by atoms with Crippen molar-refractivity contribution >= 4 is 58.0 Å². The molecule has 0 aliphatic heterocycles. The lowest BCUT2D eigenvalue weighted by Crippen LogP contribution is -2.12. The van der Waals surface area contributed by atoms with Gasteiger partial charge in [-0.05, 0) is 46.9 Å². The van der Waals surface area contributed by atoms with E-state index >= 15 is 0 Å². The zero-order valence-corrected chi connectivity index (χ0v) is 9.81. The summed E-state index contributed by atoms with van der Waals surface area (Å²) in [4.78, 5) is 0. The van der Waals surface area contributed by atoms with Crippen molar-refractivity contribution in [2.45, 2.75) is 3.98 Å². The van der Waals surface area contributed by atoms with Crippen LogP contribution in [-0.2, 0) is 0 Å². The molecule has 0 atom stereocenters. The van der Waals surface area contributed by atoms with Crippen molar-refractivity contribution in [3.8, 4) is 5.75 Å². The number of ether oxygens (including phenoxy) is 1. The second-order valence-electron chi connectivity index (χ2n) is 2.10. The van der Waals surface area contributed by atoms with Crippen LogP contribution in [-0.4, -0.2) is 3.98 Å². The first-order chi connectivity index (χ1) is 5.90. The first kappa shape index (κ1) is 11.5. The Kier molecular flexibility index (Phi) is 3.84. The number of hydrogen-bond donors (Lipinski definition) is 0. The van der Waals surface area contributed by atoms with Gasteiger partial charge in [-0.25, -0.2) is 0 Å². The fourth-order valence-electron chi connectivity index (χ4n) is 0.688. The molecule has 0 fully saturated rings. The molecule has 0 amide bonds. The molecule has 0 aliphatic rings. The summed E-state index contributed by atoms with van der Waals surface area (Å²) in [5.74, 6) is 0.231. The van der Waals surface area contributed by atoms with Crippen LogP contribution in [0.1, 0.15) is 0 Å². The minimum atomic E-state index is -1.84. The summed E-state index contributed by atoms with van der Waals surface area (Å²) >= 11 is 27.7. The smallest absolute Gasteiger partial charge is 0.338 e.